The summed E-state index contributed by atoms with van der Waals surface area (Å²) in [6.07, 6.45) is 7.51. The van der Waals surface area contributed by atoms with Crippen molar-refractivity contribution in [2.45, 2.75) is 25.7 Å². The molecule has 0 radical (unpaired) electrons. The maximum atomic E-state index is 5.44. The van der Waals surface area contributed by atoms with Crippen LogP contribution in [-0.2, 0) is 4.74 Å². The Morgan fingerprint density at radius 1 is 1.26 bits per heavy atom. The van der Waals surface area contributed by atoms with Gasteiger partial charge in [-0.25, -0.2) is 4.99 Å². The molecule has 0 amide bonds. The molecule has 3 rings (SSSR count). The number of allylic oxidation sites excluding steroid dienone is 1. The largest absolute Gasteiger partial charge is 0.378 e. The van der Waals surface area contributed by atoms with Crippen molar-refractivity contribution < 1.29 is 4.74 Å². The molecule has 0 unspecified atom stereocenters. The van der Waals surface area contributed by atoms with Crippen LogP contribution in [0.3, 0.4) is 0 Å². The van der Waals surface area contributed by atoms with E-state index in [4.69, 9.17) is 9.73 Å². The van der Waals surface area contributed by atoms with Gasteiger partial charge in [0, 0.05) is 37.8 Å². The number of rotatable bonds is 2. The number of ether oxygens (including phenoxy) is 1. The molecule has 2 heterocycles. The number of nitrogens with zero attached hydrogens (tertiary/aromatic N) is 3. The van der Waals surface area contributed by atoms with Crippen molar-refractivity contribution >= 4 is 5.71 Å². The van der Waals surface area contributed by atoms with Gasteiger partial charge in [-0.2, -0.15) is 0 Å². The van der Waals surface area contributed by atoms with E-state index in [-0.39, 0.29) is 0 Å². The second-order valence-corrected chi connectivity index (χ2v) is 5.60. The van der Waals surface area contributed by atoms with Gasteiger partial charge in [0.15, 0.2) is 0 Å². The van der Waals surface area contributed by atoms with Gasteiger partial charge in [-0.05, 0) is 12.8 Å². The van der Waals surface area contributed by atoms with Gasteiger partial charge in [0.05, 0.1) is 13.2 Å². The van der Waals surface area contributed by atoms with Crippen LogP contribution in [-0.4, -0.2) is 48.9 Å². The summed E-state index contributed by atoms with van der Waals surface area (Å²) in [5.41, 5.74) is 1.24. The summed E-state index contributed by atoms with van der Waals surface area (Å²) in [4.78, 5) is 9.19. The van der Waals surface area contributed by atoms with Crippen molar-refractivity contribution in [2.75, 3.05) is 33.4 Å². The fraction of sp³-hybridized carbons (Fsp3) is 0.667. The standard InChI is InChI=1S/C15H23N3O/c1-12-16-14(13-5-3-4-6-13)11-15(17(12)2)18-7-9-19-10-8-18/h11,13H,1,3-10H2,2H3. The van der Waals surface area contributed by atoms with Gasteiger partial charge in [-0.15, -0.1) is 0 Å². The van der Waals surface area contributed by atoms with Crippen molar-refractivity contribution in [3.63, 3.8) is 0 Å². The summed E-state index contributed by atoms with van der Waals surface area (Å²) >= 11 is 0. The van der Waals surface area contributed by atoms with Crippen molar-refractivity contribution in [3.8, 4) is 0 Å². The third-order valence-electron chi connectivity index (χ3n) is 4.37. The van der Waals surface area contributed by atoms with Gasteiger partial charge >= 0.3 is 0 Å². The highest BCUT2D eigenvalue weighted by Crippen LogP contribution is 2.31. The highest BCUT2D eigenvalue weighted by molar-refractivity contribution is 5.98. The van der Waals surface area contributed by atoms with Crippen LogP contribution in [0.1, 0.15) is 25.7 Å². The number of hydrogen-bond acceptors (Lipinski definition) is 4. The molecule has 19 heavy (non-hydrogen) atoms. The topological polar surface area (TPSA) is 28.1 Å². The van der Waals surface area contributed by atoms with Crippen LogP contribution in [0, 0.1) is 5.92 Å². The zero-order chi connectivity index (χ0) is 13.2. The van der Waals surface area contributed by atoms with Crippen molar-refractivity contribution in [1.82, 2.24) is 9.80 Å². The van der Waals surface area contributed by atoms with E-state index < -0.39 is 0 Å². The Kier molecular flexibility index (Phi) is 3.60. The van der Waals surface area contributed by atoms with E-state index in [0.29, 0.717) is 5.92 Å². The average Bonchev–Trinajstić information content (AvgIpc) is 2.97. The summed E-state index contributed by atoms with van der Waals surface area (Å²) in [6, 6.07) is 0. The minimum absolute atomic E-state index is 0.640. The normalized spacial score (nSPS) is 25.6. The molecular weight excluding hydrogens is 238 g/mol. The van der Waals surface area contributed by atoms with Gasteiger partial charge in [-0.3, -0.25) is 0 Å². The van der Waals surface area contributed by atoms with E-state index in [1.165, 1.54) is 37.2 Å². The van der Waals surface area contributed by atoms with E-state index >= 15 is 0 Å². The third-order valence-corrected chi connectivity index (χ3v) is 4.37. The lowest BCUT2D eigenvalue weighted by Gasteiger charge is -2.38. The van der Waals surface area contributed by atoms with Crippen molar-refractivity contribution in [1.29, 1.82) is 0 Å². The van der Waals surface area contributed by atoms with E-state index in [0.717, 1.165) is 32.1 Å². The van der Waals surface area contributed by atoms with E-state index in [1.54, 1.807) is 0 Å². The summed E-state index contributed by atoms with van der Waals surface area (Å²) in [7, 11) is 2.05. The third kappa shape index (κ3) is 2.54. The molecule has 0 bridgehead atoms. The second kappa shape index (κ2) is 5.37. The van der Waals surface area contributed by atoms with Crippen LogP contribution in [0.25, 0.3) is 0 Å². The van der Waals surface area contributed by atoms with Crippen LogP contribution >= 0.6 is 0 Å². The first-order chi connectivity index (χ1) is 9.25. The lowest BCUT2D eigenvalue weighted by atomic mass is 10.00. The van der Waals surface area contributed by atoms with Gasteiger partial charge < -0.3 is 14.5 Å². The zero-order valence-electron chi connectivity index (χ0n) is 11.8. The predicted octanol–water partition coefficient (Wildman–Crippen LogP) is 2.21. The Hall–Kier alpha value is -1.29. The first-order valence-electron chi connectivity index (χ1n) is 7.31. The molecule has 4 heteroatoms. The van der Waals surface area contributed by atoms with Gasteiger partial charge in [0.25, 0.3) is 0 Å². The Balaban J connectivity index is 1.83. The van der Waals surface area contributed by atoms with Crippen LogP contribution < -0.4 is 0 Å². The Labute approximate surface area is 115 Å². The summed E-state index contributed by atoms with van der Waals surface area (Å²) in [5, 5.41) is 0. The van der Waals surface area contributed by atoms with Crippen LogP contribution in [0.4, 0.5) is 0 Å². The van der Waals surface area contributed by atoms with Crippen LogP contribution in [0.5, 0.6) is 0 Å². The molecule has 0 aromatic heterocycles. The number of morpholine rings is 1. The van der Waals surface area contributed by atoms with E-state index in [2.05, 4.69) is 29.5 Å². The molecule has 0 aromatic carbocycles. The quantitative estimate of drug-likeness (QED) is 0.763. The van der Waals surface area contributed by atoms with Gasteiger partial charge in [-0.1, -0.05) is 19.4 Å². The number of aliphatic imine (C=N–C) groups is 1. The first kappa shape index (κ1) is 12.7. The summed E-state index contributed by atoms with van der Waals surface area (Å²) in [6.45, 7) is 7.65. The minimum atomic E-state index is 0.640. The maximum Gasteiger partial charge on any atom is 0.126 e. The minimum Gasteiger partial charge on any atom is -0.378 e. The molecule has 1 saturated carbocycles. The SMILES string of the molecule is C=C1N=C(C2CCCC2)C=C(N2CCOCC2)N1C. The summed E-state index contributed by atoms with van der Waals surface area (Å²) in [5.74, 6) is 2.75. The molecule has 0 spiro atoms. The van der Waals surface area contributed by atoms with Gasteiger partial charge in [0.2, 0.25) is 0 Å². The second-order valence-electron chi connectivity index (χ2n) is 5.60. The molecule has 3 aliphatic rings. The molecule has 2 fully saturated rings. The Morgan fingerprint density at radius 3 is 2.63 bits per heavy atom. The maximum absolute atomic E-state index is 5.44. The molecule has 1 aliphatic carbocycles. The molecule has 0 atom stereocenters. The molecule has 1 saturated heterocycles. The number of hydrogen-bond donors (Lipinski definition) is 0. The van der Waals surface area contributed by atoms with Crippen molar-refractivity contribution in [3.05, 3.63) is 24.3 Å². The van der Waals surface area contributed by atoms with Gasteiger partial charge in [0.1, 0.15) is 11.6 Å². The summed E-state index contributed by atoms with van der Waals surface area (Å²) < 4.78 is 5.44. The molecule has 4 nitrogen and oxygen atoms in total. The first-order valence-corrected chi connectivity index (χ1v) is 7.31. The predicted molar refractivity (Wildman–Crippen MR) is 76.8 cm³/mol. The lowest BCUT2D eigenvalue weighted by molar-refractivity contribution is 0.0427. The zero-order valence-corrected chi connectivity index (χ0v) is 11.8. The molecule has 104 valence electrons. The Morgan fingerprint density at radius 2 is 1.95 bits per heavy atom. The Bertz CT molecular complexity index is 415. The average molecular weight is 261 g/mol. The smallest absolute Gasteiger partial charge is 0.126 e. The molecule has 0 N–H and O–H groups in total. The highest BCUT2D eigenvalue weighted by Gasteiger charge is 2.27. The molecule has 2 aliphatic heterocycles. The molecule has 0 aromatic rings. The monoisotopic (exact) mass is 261 g/mol. The molecular formula is C15H23N3O. The van der Waals surface area contributed by atoms with Crippen molar-refractivity contribution in [2.24, 2.45) is 10.9 Å². The van der Waals surface area contributed by atoms with Crippen LogP contribution in [0.2, 0.25) is 0 Å². The fourth-order valence-electron chi connectivity index (χ4n) is 3.14. The van der Waals surface area contributed by atoms with E-state index in [1.807, 2.05) is 0 Å². The highest BCUT2D eigenvalue weighted by atomic mass is 16.5. The van der Waals surface area contributed by atoms with E-state index in [9.17, 15) is 0 Å². The van der Waals surface area contributed by atoms with Crippen LogP contribution in [0.15, 0.2) is 29.3 Å². The lowest BCUT2D eigenvalue weighted by Crippen LogP contribution is -2.42. The fourth-order valence-corrected chi connectivity index (χ4v) is 3.14.